The third-order valence-electron chi connectivity index (χ3n) is 6.96. The predicted molar refractivity (Wildman–Crippen MR) is 152 cm³/mol. The lowest BCUT2D eigenvalue weighted by atomic mass is 10.0. The summed E-state index contributed by atoms with van der Waals surface area (Å²) in [6, 6.07) is 6.14. The van der Waals surface area contributed by atoms with Crippen molar-refractivity contribution >= 4 is 39.0 Å². The van der Waals surface area contributed by atoms with Gasteiger partial charge in [0.1, 0.15) is 11.4 Å². The number of pyridine rings is 2. The van der Waals surface area contributed by atoms with E-state index in [0.29, 0.717) is 33.6 Å². The van der Waals surface area contributed by atoms with Crippen molar-refractivity contribution in [3.8, 4) is 22.0 Å². The molecule has 0 aromatic carbocycles. The average molecular weight is 526 g/mol. The lowest BCUT2D eigenvalue weighted by molar-refractivity contribution is 0.371. The Kier molecular flexibility index (Phi) is 6.47. The maximum atomic E-state index is 16.2. The number of aromatic amines is 2. The van der Waals surface area contributed by atoms with E-state index >= 15 is 4.39 Å². The van der Waals surface area contributed by atoms with E-state index in [1.165, 1.54) is 17.7 Å². The lowest BCUT2D eigenvalue weighted by Gasteiger charge is -2.15. The number of likely N-dealkylation sites (tertiary alicyclic amines) is 1. The number of nitrogens with zero attached hydrogens (tertiary/aromatic N) is 5. The maximum Gasteiger partial charge on any atom is 0.178 e. The second-order valence-electron chi connectivity index (χ2n) is 9.49. The van der Waals surface area contributed by atoms with Crippen molar-refractivity contribution in [2.75, 3.05) is 19.6 Å². The molecule has 9 heteroatoms. The molecule has 0 spiro atoms. The minimum Gasteiger partial charge on any atom is -0.335 e. The van der Waals surface area contributed by atoms with Crippen molar-refractivity contribution in [3.05, 3.63) is 77.4 Å². The van der Waals surface area contributed by atoms with Gasteiger partial charge in [0.05, 0.1) is 22.6 Å². The summed E-state index contributed by atoms with van der Waals surface area (Å²) >= 11 is 1.70. The molecular weight excluding hydrogens is 497 g/mol. The average Bonchev–Trinajstić information content (AvgIpc) is 3.73. The van der Waals surface area contributed by atoms with E-state index in [2.05, 4.69) is 60.7 Å². The highest BCUT2D eigenvalue weighted by Gasteiger charge is 2.22. The summed E-state index contributed by atoms with van der Waals surface area (Å²) in [6.45, 7) is 10.9. The first-order valence-corrected chi connectivity index (χ1v) is 13.5. The summed E-state index contributed by atoms with van der Waals surface area (Å²) in [5.41, 5.74) is 5.27. The highest BCUT2D eigenvalue weighted by Crippen LogP contribution is 2.35. The molecule has 6 rings (SSSR count). The standard InChI is InChI=1S/C29H28FN7S/c1-4-18(16-37-12-6-7-13-37)14-19(5-2)25-24(30)23-21(15-32-25)35-36-27(23)29-33-26-20(10-11-31-28(26)34-29)22-9-8-17(3)38-22/h4-5,8-11,14-15H,1,6-7,12-13,16H2,2-3H3,(H,35,36)(H,31,33,34)/b18-14+,19-5+. The van der Waals surface area contributed by atoms with E-state index < -0.39 is 5.82 Å². The van der Waals surface area contributed by atoms with Crippen LogP contribution in [-0.4, -0.2) is 54.7 Å². The smallest absolute Gasteiger partial charge is 0.178 e. The zero-order valence-corrected chi connectivity index (χ0v) is 22.2. The number of imidazole rings is 1. The van der Waals surface area contributed by atoms with E-state index in [4.69, 9.17) is 0 Å². The van der Waals surface area contributed by atoms with Crippen LogP contribution in [0.3, 0.4) is 0 Å². The van der Waals surface area contributed by atoms with Gasteiger partial charge in [-0.05, 0) is 75.2 Å². The highest BCUT2D eigenvalue weighted by atomic mass is 32.1. The third-order valence-corrected chi connectivity index (χ3v) is 7.99. The predicted octanol–water partition coefficient (Wildman–Crippen LogP) is 6.68. The maximum absolute atomic E-state index is 16.2. The van der Waals surface area contributed by atoms with Gasteiger partial charge in [0.25, 0.3) is 0 Å². The SMILES string of the molecule is C=C/C(=C\C(=C/C)c1ncc2[nH]nc(-c3nc4nccc(-c5ccc(C)s5)c4[nH]3)c2c1F)CN1CCCC1. The minimum absolute atomic E-state index is 0.271. The molecule has 38 heavy (non-hydrogen) atoms. The topological polar surface area (TPSA) is 86.4 Å². The second kappa shape index (κ2) is 10.1. The molecule has 0 unspecified atom stereocenters. The number of aryl methyl sites for hydroxylation is 1. The molecule has 0 saturated carbocycles. The first-order chi connectivity index (χ1) is 18.6. The van der Waals surface area contributed by atoms with Gasteiger partial charge in [-0.2, -0.15) is 5.10 Å². The number of H-pyrrole nitrogens is 2. The lowest BCUT2D eigenvalue weighted by Crippen LogP contribution is -2.21. The van der Waals surface area contributed by atoms with Crippen LogP contribution in [0.15, 0.2) is 61.0 Å². The van der Waals surface area contributed by atoms with Crippen molar-refractivity contribution in [2.24, 2.45) is 0 Å². The summed E-state index contributed by atoms with van der Waals surface area (Å²) in [5, 5.41) is 7.68. The number of allylic oxidation sites excluding steroid dienone is 3. The Labute approximate surface area is 223 Å². The summed E-state index contributed by atoms with van der Waals surface area (Å²) in [4.78, 5) is 21.7. The number of nitrogens with one attached hydrogen (secondary N) is 2. The van der Waals surface area contributed by atoms with Crippen molar-refractivity contribution < 1.29 is 4.39 Å². The molecule has 1 saturated heterocycles. The summed E-state index contributed by atoms with van der Waals surface area (Å²) in [7, 11) is 0. The molecule has 0 radical (unpaired) electrons. The monoisotopic (exact) mass is 525 g/mol. The molecule has 6 heterocycles. The van der Waals surface area contributed by atoms with Crippen LogP contribution >= 0.6 is 11.3 Å². The molecule has 0 aliphatic carbocycles. The van der Waals surface area contributed by atoms with Crippen LogP contribution in [0.4, 0.5) is 4.39 Å². The molecule has 5 aromatic heterocycles. The Morgan fingerprint density at radius 3 is 2.79 bits per heavy atom. The highest BCUT2D eigenvalue weighted by molar-refractivity contribution is 7.15. The fourth-order valence-corrected chi connectivity index (χ4v) is 5.91. The number of rotatable bonds is 7. The molecule has 1 aliphatic heterocycles. The molecule has 0 bridgehead atoms. The van der Waals surface area contributed by atoms with Gasteiger partial charge < -0.3 is 4.98 Å². The second-order valence-corrected chi connectivity index (χ2v) is 10.8. The number of thiophene rings is 1. The van der Waals surface area contributed by atoms with Crippen molar-refractivity contribution in [3.63, 3.8) is 0 Å². The Bertz CT molecular complexity index is 1720. The molecule has 5 aromatic rings. The Hall–Kier alpha value is -3.95. The first-order valence-electron chi connectivity index (χ1n) is 12.7. The van der Waals surface area contributed by atoms with Crippen LogP contribution in [-0.2, 0) is 0 Å². The van der Waals surface area contributed by atoms with E-state index in [1.54, 1.807) is 23.7 Å². The normalized spacial score (nSPS) is 15.2. The number of fused-ring (bicyclic) bond motifs is 2. The van der Waals surface area contributed by atoms with E-state index in [9.17, 15) is 0 Å². The fraction of sp³-hybridized carbons (Fsp3) is 0.241. The zero-order valence-electron chi connectivity index (χ0n) is 21.4. The Balaban J connectivity index is 1.42. The van der Waals surface area contributed by atoms with Crippen LogP contribution < -0.4 is 0 Å². The van der Waals surface area contributed by atoms with E-state index in [-0.39, 0.29) is 5.69 Å². The zero-order chi connectivity index (χ0) is 26.2. The van der Waals surface area contributed by atoms with E-state index in [1.807, 2.05) is 31.2 Å². The molecule has 2 N–H and O–H groups in total. The van der Waals surface area contributed by atoms with Gasteiger partial charge in [-0.15, -0.1) is 11.3 Å². The van der Waals surface area contributed by atoms with Gasteiger partial charge in [0.15, 0.2) is 17.3 Å². The minimum atomic E-state index is -0.442. The first kappa shape index (κ1) is 24.4. The van der Waals surface area contributed by atoms with Gasteiger partial charge in [-0.3, -0.25) is 15.0 Å². The van der Waals surface area contributed by atoms with Crippen LogP contribution in [0, 0.1) is 12.7 Å². The quantitative estimate of drug-likeness (QED) is 0.231. The van der Waals surface area contributed by atoms with Crippen LogP contribution in [0.5, 0.6) is 0 Å². The number of hydrogen-bond donors (Lipinski definition) is 2. The van der Waals surface area contributed by atoms with Crippen LogP contribution in [0.2, 0.25) is 0 Å². The summed E-state index contributed by atoms with van der Waals surface area (Å²) in [5.74, 6) is 0.0108. The largest absolute Gasteiger partial charge is 0.335 e. The van der Waals surface area contributed by atoms with Crippen molar-refractivity contribution in [1.29, 1.82) is 0 Å². The molecule has 1 fully saturated rings. The summed E-state index contributed by atoms with van der Waals surface area (Å²) in [6.07, 6.45) is 11.5. The van der Waals surface area contributed by atoms with Gasteiger partial charge in [0, 0.05) is 28.1 Å². The molecule has 0 amide bonds. The Morgan fingerprint density at radius 1 is 1.21 bits per heavy atom. The summed E-state index contributed by atoms with van der Waals surface area (Å²) < 4.78 is 16.2. The van der Waals surface area contributed by atoms with Crippen LogP contribution in [0.1, 0.15) is 30.3 Å². The van der Waals surface area contributed by atoms with Gasteiger partial charge in [-0.25, -0.2) is 14.4 Å². The Morgan fingerprint density at radius 2 is 2.05 bits per heavy atom. The van der Waals surface area contributed by atoms with Crippen molar-refractivity contribution in [2.45, 2.75) is 26.7 Å². The number of halogens is 1. The molecule has 0 atom stereocenters. The number of aromatic nitrogens is 6. The van der Waals surface area contributed by atoms with Gasteiger partial charge >= 0.3 is 0 Å². The fourth-order valence-electron chi connectivity index (χ4n) is 5.01. The van der Waals surface area contributed by atoms with Crippen LogP contribution in [0.25, 0.3) is 49.6 Å². The molecular formula is C29H28FN7S. The van der Waals surface area contributed by atoms with Gasteiger partial charge in [0.2, 0.25) is 0 Å². The molecule has 7 nitrogen and oxygen atoms in total. The molecule has 192 valence electrons. The van der Waals surface area contributed by atoms with Crippen molar-refractivity contribution in [1.82, 2.24) is 35.0 Å². The number of hydrogen-bond acceptors (Lipinski definition) is 6. The molecule has 1 aliphatic rings. The van der Waals surface area contributed by atoms with E-state index in [0.717, 1.165) is 41.2 Å². The van der Waals surface area contributed by atoms with Gasteiger partial charge in [-0.1, -0.05) is 18.7 Å². The third kappa shape index (κ3) is 4.37.